The molecule has 0 atom stereocenters. The van der Waals surface area contributed by atoms with Crippen LogP contribution in [0.2, 0.25) is 5.02 Å². The minimum atomic E-state index is -3.86. The number of nitrogens with one attached hydrogen (secondary N) is 1. The van der Waals surface area contributed by atoms with Crippen molar-refractivity contribution in [3.05, 3.63) is 62.8 Å². The summed E-state index contributed by atoms with van der Waals surface area (Å²) in [5, 5.41) is 19.8. The maximum atomic E-state index is 12.1. The molecule has 0 saturated carbocycles. The summed E-state index contributed by atoms with van der Waals surface area (Å²) in [6.07, 6.45) is 0.804. The molecule has 25 heavy (non-hydrogen) atoms. The van der Waals surface area contributed by atoms with Crippen LogP contribution >= 0.6 is 11.6 Å². The number of hydrogen-bond acceptors (Lipinski definition) is 6. The van der Waals surface area contributed by atoms with Crippen molar-refractivity contribution in [2.75, 3.05) is 10.5 Å². The Morgan fingerprint density at radius 2 is 2.04 bits per heavy atom. The third-order valence-corrected chi connectivity index (χ3v) is 4.80. The van der Waals surface area contributed by atoms with Gasteiger partial charge in [0, 0.05) is 11.1 Å². The number of carboxylic acids is 1. The minimum absolute atomic E-state index is 0.0730. The second-order valence-corrected chi connectivity index (χ2v) is 7.15. The van der Waals surface area contributed by atoms with E-state index in [1.807, 2.05) is 0 Å². The van der Waals surface area contributed by atoms with Crippen LogP contribution in [0.3, 0.4) is 0 Å². The molecule has 0 aliphatic heterocycles. The fraction of sp³-hybridized carbons (Fsp3) is 0.143. The zero-order chi connectivity index (χ0) is 18.6. The number of nitro groups is 1. The predicted octanol–water partition coefficient (Wildman–Crippen LogP) is 2.33. The molecule has 0 fully saturated rings. The first-order valence-electron chi connectivity index (χ1n) is 6.81. The van der Waals surface area contributed by atoms with Gasteiger partial charge in [-0.15, -0.1) is 0 Å². The fourth-order valence-electron chi connectivity index (χ4n) is 2.01. The highest BCUT2D eigenvalue weighted by atomic mass is 35.5. The summed E-state index contributed by atoms with van der Waals surface area (Å²) in [5.41, 5.74) is -0.139. The van der Waals surface area contributed by atoms with E-state index in [9.17, 15) is 23.3 Å². The van der Waals surface area contributed by atoms with Crippen molar-refractivity contribution >= 4 is 39.1 Å². The Labute approximate surface area is 147 Å². The van der Waals surface area contributed by atoms with Crippen molar-refractivity contribution in [3.8, 4) is 0 Å². The lowest BCUT2D eigenvalue weighted by Gasteiger charge is -2.10. The average molecular weight is 386 g/mol. The summed E-state index contributed by atoms with van der Waals surface area (Å²) < 4.78 is 26.4. The van der Waals surface area contributed by atoms with E-state index >= 15 is 0 Å². The van der Waals surface area contributed by atoms with E-state index in [4.69, 9.17) is 16.7 Å². The summed E-state index contributed by atoms with van der Waals surface area (Å²) in [6, 6.07) is 6.54. The molecule has 0 saturated heterocycles. The Morgan fingerprint density at radius 1 is 1.32 bits per heavy atom. The normalized spacial score (nSPS) is 11.1. The number of carboxylic acid groups (broad SMARTS) is 1. The highest BCUT2D eigenvalue weighted by Gasteiger charge is 2.18. The van der Waals surface area contributed by atoms with Gasteiger partial charge in [-0.2, -0.15) is 0 Å². The standard InChI is InChI=1S/C14H12ClN3O6S/c15-12-3-1-2-11(14(19)20)10(12)6-7-25(23,24)17-13-5-4-9(8-16-13)18(21)22/h1-5,8H,6-7H2,(H,16,17)(H,19,20). The summed E-state index contributed by atoms with van der Waals surface area (Å²) in [7, 11) is -3.86. The van der Waals surface area contributed by atoms with E-state index in [0.29, 0.717) is 0 Å². The Hall–Kier alpha value is -2.72. The van der Waals surface area contributed by atoms with E-state index in [1.165, 1.54) is 18.2 Å². The Morgan fingerprint density at radius 3 is 2.60 bits per heavy atom. The maximum Gasteiger partial charge on any atom is 0.336 e. The Balaban J connectivity index is 2.12. The van der Waals surface area contributed by atoms with Crippen molar-refractivity contribution < 1.29 is 23.2 Å². The van der Waals surface area contributed by atoms with Gasteiger partial charge in [0.2, 0.25) is 10.0 Å². The molecule has 2 aromatic rings. The number of carbonyl (C=O) groups is 1. The molecular weight excluding hydrogens is 374 g/mol. The van der Waals surface area contributed by atoms with Gasteiger partial charge in [-0.25, -0.2) is 18.2 Å². The van der Waals surface area contributed by atoms with Gasteiger partial charge < -0.3 is 5.11 Å². The quantitative estimate of drug-likeness (QED) is 0.550. The number of nitrogens with zero attached hydrogens (tertiary/aromatic N) is 2. The number of aromatic carboxylic acids is 1. The Bertz CT molecular complexity index is 915. The number of halogens is 1. The smallest absolute Gasteiger partial charge is 0.336 e. The molecule has 9 nitrogen and oxygen atoms in total. The van der Waals surface area contributed by atoms with Crippen LogP contribution in [0.5, 0.6) is 0 Å². The number of hydrogen-bond donors (Lipinski definition) is 2. The molecule has 0 bridgehead atoms. The number of aromatic nitrogens is 1. The van der Waals surface area contributed by atoms with Gasteiger partial charge in [0.1, 0.15) is 12.0 Å². The molecule has 0 unspecified atom stereocenters. The predicted molar refractivity (Wildman–Crippen MR) is 90.4 cm³/mol. The molecule has 0 aliphatic carbocycles. The summed E-state index contributed by atoms with van der Waals surface area (Å²) in [6.45, 7) is 0. The lowest BCUT2D eigenvalue weighted by molar-refractivity contribution is -0.385. The number of pyridine rings is 1. The molecule has 1 heterocycles. The average Bonchev–Trinajstić information content (AvgIpc) is 2.53. The molecule has 0 amide bonds. The van der Waals surface area contributed by atoms with Gasteiger partial charge >= 0.3 is 5.97 Å². The third-order valence-electron chi connectivity index (χ3n) is 3.19. The molecule has 0 spiro atoms. The minimum Gasteiger partial charge on any atom is -0.478 e. The zero-order valence-electron chi connectivity index (χ0n) is 12.5. The molecule has 2 N–H and O–H groups in total. The first-order chi connectivity index (χ1) is 11.7. The van der Waals surface area contributed by atoms with Gasteiger partial charge in [-0.1, -0.05) is 17.7 Å². The molecule has 0 aliphatic rings. The maximum absolute atomic E-state index is 12.1. The van der Waals surface area contributed by atoms with Gasteiger partial charge in [-0.3, -0.25) is 14.8 Å². The Kier molecular flexibility index (Phi) is 5.55. The van der Waals surface area contributed by atoms with Crippen LogP contribution in [-0.4, -0.2) is 35.2 Å². The van der Waals surface area contributed by atoms with Crippen molar-refractivity contribution in [1.29, 1.82) is 0 Å². The highest BCUT2D eigenvalue weighted by Crippen LogP contribution is 2.22. The molecule has 2 rings (SSSR count). The van der Waals surface area contributed by atoms with E-state index in [2.05, 4.69) is 9.71 Å². The topological polar surface area (TPSA) is 140 Å². The van der Waals surface area contributed by atoms with Crippen LogP contribution in [0.1, 0.15) is 15.9 Å². The number of anilines is 1. The van der Waals surface area contributed by atoms with Gasteiger partial charge in [0.15, 0.2) is 0 Å². The van der Waals surface area contributed by atoms with E-state index < -0.39 is 26.7 Å². The van der Waals surface area contributed by atoms with Crippen molar-refractivity contribution in [1.82, 2.24) is 4.98 Å². The number of rotatable bonds is 7. The van der Waals surface area contributed by atoms with Crippen LogP contribution in [0, 0.1) is 10.1 Å². The fourth-order valence-corrected chi connectivity index (χ4v) is 3.30. The first-order valence-corrected chi connectivity index (χ1v) is 8.84. The van der Waals surface area contributed by atoms with E-state index in [0.717, 1.165) is 18.3 Å². The van der Waals surface area contributed by atoms with Crippen molar-refractivity contribution in [3.63, 3.8) is 0 Å². The largest absolute Gasteiger partial charge is 0.478 e. The van der Waals surface area contributed by atoms with Crippen LogP contribution in [0.15, 0.2) is 36.5 Å². The molecule has 1 aromatic heterocycles. The van der Waals surface area contributed by atoms with E-state index in [-0.39, 0.29) is 34.1 Å². The van der Waals surface area contributed by atoms with Gasteiger partial charge in [0.05, 0.1) is 16.2 Å². The number of benzene rings is 1. The van der Waals surface area contributed by atoms with E-state index in [1.54, 1.807) is 0 Å². The first kappa shape index (κ1) is 18.6. The highest BCUT2D eigenvalue weighted by molar-refractivity contribution is 7.92. The van der Waals surface area contributed by atoms with Crippen molar-refractivity contribution in [2.45, 2.75) is 6.42 Å². The number of sulfonamides is 1. The molecule has 11 heteroatoms. The summed E-state index contributed by atoms with van der Waals surface area (Å²) in [4.78, 5) is 24.7. The molecule has 132 valence electrons. The molecule has 0 radical (unpaired) electrons. The molecule has 1 aromatic carbocycles. The zero-order valence-corrected chi connectivity index (χ0v) is 14.1. The van der Waals surface area contributed by atoms with Crippen LogP contribution in [0.4, 0.5) is 11.5 Å². The van der Waals surface area contributed by atoms with Gasteiger partial charge in [-0.05, 0) is 30.2 Å². The lowest BCUT2D eigenvalue weighted by Crippen LogP contribution is -2.20. The van der Waals surface area contributed by atoms with Crippen LogP contribution in [0.25, 0.3) is 0 Å². The van der Waals surface area contributed by atoms with Crippen molar-refractivity contribution in [2.24, 2.45) is 0 Å². The van der Waals surface area contributed by atoms with Crippen LogP contribution < -0.4 is 4.72 Å². The third kappa shape index (κ3) is 4.88. The summed E-state index contributed by atoms with van der Waals surface area (Å²) >= 11 is 5.95. The summed E-state index contributed by atoms with van der Waals surface area (Å²) in [5.74, 6) is -1.72. The molecular formula is C14H12ClN3O6S. The SMILES string of the molecule is O=C(O)c1cccc(Cl)c1CCS(=O)(=O)Nc1ccc([N+](=O)[O-])cn1. The lowest BCUT2D eigenvalue weighted by atomic mass is 10.1. The second kappa shape index (κ2) is 7.45. The van der Waals surface area contributed by atoms with Gasteiger partial charge in [0.25, 0.3) is 5.69 Å². The monoisotopic (exact) mass is 385 g/mol. The van der Waals surface area contributed by atoms with Crippen LogP contribution in [-0.2, 0) is 16.4 Å². The second-order valence-electron chi connectivity index (χ2n) is 4.90.